The Bertz CT molecular complexity index is 409. The van der Waals surface area contributed by atoms with Gasteiger partial charge in [0.15, 0.2) is 0 Å². The summed E-state index contributed by atoms with van der Waals surface area (Å²) in [7, 11) is 4.22. The van der Waals surface area contributed by atoms with Crippen molar-refractivity contribution in [2.45, 2.75) is 25.4 Å². The van der Waals surface area contributed by atoms with Crippen LogP contribution in [0.3, 0.4) is 0 Å². The van der Waals surface area contributed by atoms with E-state index in [1.54, 1.807) is 0 Å². The molecule has 0 radical (unpaired) electrons. The third kappa shape index (κ3) is 3.25. The number of hydrogen-bond acceptors (Lipinski definition) is 3. The lowest BCUT2D eigenvalue weighted by atomic mass is 10.0. The van der Waals surface area contributed by atoms with Crippen molar-refractivity contribution >= 4 is 15.9 Å². The van der Waals surface area contributed by atoms with E-state index in [9.17, 15) is 0 Å². The van der Waals surface area contributed by atoms with Crippen LogP contribution in [0.1, 0.15) is 24.9 Å². The second-order valence-corrected chi connectivity index (χ2v) is 6.01. The van der Waals surface area contributed by atoms with Gasteiger partial charge in [-0.15, -0.1) is 0 Å². The molecule has 0 aromatic heterocycles. The maximum atomic E-state index is 5.69. The summed E-state index contributed by atoms with van der Waals surface area (Å²) in [6, 6.07) is 7.16. The fourth-order valence-electron chi connectivity index (χ4n) is 2.07. The van der Waals surface area contributed by atoms with Gasteiger partial charge >= 0.3 is 0 Å². The quantitative estimate of drug-likeness (QED) is 0.925. The molecule has 2 unspecified atom stereocenters. The number of hydrogen-bond donors (Lipinski definition) is 1. The molecule has 1 heterocycles. The highest BCUT2D eigenvalue weighted by Crippen LogP contribution is 2.33. The van der Waals surface area contributed by atoms with E-state index in [4.69, 9.17) is 4.74 Å². The minimum Gasteiger partial charge on any atom is -0.493 e. The summed E-state index contributed by atoms with van der Waals surface area (Å²) in [5.41, 5.74) is 1.27. The minimum absolute atomic E-state index is 0.397. The molecule has 0 amide bonds. The highest BCUT2D eigenvalue weighted by Gasteiger charge is 2.21. The fourth-order valence-corrected chi connectivity index (χ4v) is 2.45. The van der Waals surface area contributed by atoms with Gasteiger partial charge < -0.3 is 15.0 Å². The second kappa shape index (κ2) is 6.04. The third-order valence-electron chi connectivity index (χ3n) is 3.55. The molecule has 0 saturated carbocycles. The average molecular weight is 313 g/mol. The van der Waals surface area contributed by atoms with E-state index in [1.807, 2.05) is 12.1 Å². The molecule has 2 rings (SSSR count). The number of likely N-dealkylation sites (N-methyl/N-ethyl adjacent to an activating group) is 1. The van der Waals surface area contributed by atoms with Crippen molar-refractivity contribution in [2.24, 2.45) is 0 Å². The van der Waals surface area contributed by atoms with Crippen molar-refractivity contribution in [3.05, 3.63) is 28.2 Å². The molecule has 4 heteroatoms. The van der Waals surface area contributed by atoms with E-state index in [-0.39, 0.29) is 0 Å². The topological polar surface area (TPSA) is 24.5 Å². The van der Waals surface area contributed by atoms with Crippen LogP contribution in [0, 0.1) is 0 Å². The number of nitrogens with zero attached hydrogens (tertiary/aromatic N) is 1. The molecule has 0 spiro atoms. The molecule has 1 N–H and O–H groups in total. The van der Waals surface area contributed by atoms with E-state index in [0.29, 0.717) is 12.1 Å². The fraction of sp³-hybridized carbons (Fsp3) is 0.571. The zero-order valence-electron chi connectivity index (χ0n) is 11.2. The van der Waals surface area contributed by atoms with Crippen molar-refractivity contribution in [1.29, 1.82) is 0 Å². The summed E-state index contributed by atoms with van der Waals surface area (Å²) in [6.07, 6.45) is 1.03. The van der Waals surface area contributed by atoms with Gasteiger partial charge in [-0.05, 0) is 39.2 Å². The molecule has 0 bridgehead atoms. The molecule has 0 saturated heterocycles. The predicted molar refractivity (Wildman–Crippen MR) is 78.1 cm³/mol. The number of ether oxygens (including phenoxy) is 1. The number of fused-ring (bicyclic) bond motifs is 1. The van der Waals surface area contributed by atoms with Gasteiger partial charge in [0, 0.05) is 35.1 Å². The van der Waals surface area contributed by atoms with Crippen LogP contribution in [-0.4, -0.2) is 38.2 Å². The van der Waals surface area contributed by atoms with Crippen molar-refractivity contribution in [3.8, 4) is 5.75 Å². The van der Waals surface area contributed by atoms with Gasteiger partial charge in [-0.1, -0.05) is 15.9 Å². The van der Waals surface area contributed by atoms with Gasteiger partial charge in [0.1, 0.15) is 5.75 Å². The highest BCUT2D eigenvalue weighted by molar-refractivity contribution is 9.10. The van der Waals surface area contributed by atoms with E-state index in [1.165, 1.54) is 5.56 Å². The smallest absolute Gasteiger partial charge is 0.124 e. The summed E-state index contributed by atoms with van der Waals surface area (Å²) in [5.74, 6) is 1.01. The van der Waals surface area contributed by atoms with Gasteiger partial charge in [0.2, 0.25) is 0 Å². The molecular formula is C14H21BrN2O. The number of nitrogens with one attached hydrogen (secondary N) is 1. The Labute approximate surface area is 118 Å². The van der Waals surface area contributed by atoms with Crippen LogP contribution < -0.4 is 10.1 Å². The molecule has 0 aliphatic carbocycles. The first-order valence-electron chi connectivity index (χ1n) is 6.40. The summed E-state index contributed by atoms with van der Waals surface area (Å²) in [5, 5.41) is 3.64. The standard InChI is InChI=1S/C14H21BrN2O/c1-10(17(2)3)9-16-13-6-7-18-14-5-4-11(15)8-12(13)14/h4-5,8,10,13,16H,6-7,9H2,1-3H3. The summed E-state index contributed by atoms with van der Waals surface area (Å²) in [6.45, 7) is 4.01. The Morgan fingerprint density at radius 3 is 3.00 bits per heavy atom. The van der Waals surface area contributed by atoms with Gasteiger partial charge in [-0.25, -0.2) is 0 Å². The van der Waals surface area contributed by atoms with E-state index in [2.05, 4.69) is 53.2 Å². The van der Waals surface area contributed by atoms with Crippen LogP contribution in [0.2, 0.25) is 0 Å². The number of rotatable bonds is 4. The van der Waals surface area contributed by atoms with E-state index >= 15 is 0 Å². The lowest BCUT2D eigenvalue weighted by Gasteiger charge is -2.29. The molecule has 3 nitrogen and oxygen atoms in total. The monoisotopic (exact) mass is 312 g/mol. The molecule has 1 aliphatic rings. The first kappa shape index (κ1) is 13.8. The molecule has 1 aromatic carbocycles. The van der Waals surface area contributed by atoms with Crippen molar-refractivity contribution in [1.82, 2.24) is 10.2 Å². The average Bonchev–Trinajstić information content (AvgIpc) is 2.35. The Morgan fingerprint density at radius 1 is 1.50 bits per heavy atom. The second-order valence-electron chi connectivity index (χ2n) is 5.09. The van der Waals surface area contributed by atoms with Crippen LogP contribution in [0.5, 0.6) is 5.75 Å². The predicted octanol–water partition coefficient (Wildman–Crippen LogP) is 2.81. The number of halogens is 1. The van der Waals surface area contributed by atoms with Gasteiger partial charge in [-0.3, -0.25) is 0 Å². The first-order chi connectivity index (χ1) is 8.58. The molecule has 1 aliphatic heterocycles. The number of benzene rings is 1. The maximum Gasteiger partial charge on any atom is 0.124 e. The molecule has 2 atom stereocenters. The van der Waals surface area contributed by atoms with Crippen LogP contribution in [-0.2, 0) is 0 Å². The molecule has 18 heavy (non-hydrogen) atoms. The zero-order chi connectivity index (χ0) is 13.1. The van der Waals surface area contributed by atoms with Crippen molar-refractivity contribution < 1.29 is 4.74 Å². The molecule has 1 aromatic rings. The summed E-state index contributed by atoms with van der Waals surface area (Å²) in [4.78, 5) is 2.23. The normalized spacial score (nSPS) is 20.4. The Kier molecular flexibility index (Phi) is 4.65. The van der Waals surface area contributed by atoms with Crippen molar-refractivity contribution in [3.63, 3.8) is 0 Å². The van der Waals surface area contributed by atoms with E-state index < -0.39 is 0 Å². The Hall–Kier alpha value is -0.580. The van der Waals surface area contributed by atoms with Crippen LogP contribution in [0.4, 0.5) is 0 Å². The summed E-state index contributed by atoms with van der Waals surface area (Å²) < 4.78 is 6.80. The van der Waals surface area contributed by atoms with E-state index in [0.717, 1.165) is 29.8 Å². The minimum atomic E-state index is 0.397. The zero-order valence-corrected chi connectivity index (χ0v) is 12.8. The SMILES string of the molecule is CC(CNC1CCOc2ccc(Br)cc21)N(C)C. The largest absolute Gasteiger partial charge is 0.493 e. The van der Waals surface area contributed by atoms with Gasteiger partial charge in [0.05, 0.1) is 6.61 Å². The highest BCUT2D eigenvalue weighted by atomic mass is 79.9. The van der Waals surface area contributed by atoms with Crippen LogP contribution in [0.25, 0.3) is 0 Å². The van der Waals surface area contributed by atoms with Crippen LogP contribution in [0.15, 0.2) is 22.7 Å². The van der Waals surface area contributed by atoms with Crippen LogP contribution >= 0.6 is 15.9 Å². The third-order valence-corrected chi connectivity index (χ3v) is 4.05. The Balaban J connectivity index is 2.05. The molecule has 100 valence electrons. The van der Waals surface area contributed by atoms with Gasteiger partial charge in [-0.2, -0.15) is 0 Å². The first-order valence-corrected chi connectivity index (χ1v) is 7.19. The Morgan fingerprint density at radius 2 is 2.28 bits per heavy atom. The van der Waals surface area contributed by atoms with Crippen molar-refractivity contribution in [2.75, 3.05) is 27.2 Å². The lowest BCUT2D eigenvalue weighted by Crippen LogP contribution is -2.38. The van der Waals surface area contributed by atoms with Gasteiger partial charge in [0.25, 0.3) is 0 Å². The molecular weight excluding hydrogens is 292 g/mol. The lowest BCUT2D eigenvalue weighted by molar-refractivity contribution is 0.237. The molecule has 0 fully saturated rings. The maximum absolute atomic E-state index is 5.69. The summed E-state index contributed by atoms with van der Waals surface area (Å²) >= 11 is 3.53.